The van der Waals surface area contributed by atoms with Gasteiger partial charge in [0.15, 0.2) is 12.6 Å². The molecule has 272 valence electrons. The lowest BCUT2D eigenvalue weighted by molar-refractivity contribution is -0.321. The van der Waals surface area contributed by atoms with Gasteiger partial charge < -0.3 is 94.0 Å². The van der Waals surface area contributed by atoms with Crippen LogP contribution in [0, 0.1) is 5.92 Å². The Kier molecular flexibility index (Phi) is 11.8. The fourth-order valence-corrected chi connectivity index (χ4v) is 7.29. The van der Waals surface area contributed by atoms with Crippen LogP contribution < -0.4 is 39.3 Å². The maximum absolute atomic E-state index is 13.1. The first-order valence-electron chi connectivity index (χ1n) is 16.3. The lowest BCUT2D eigenvalue weighted by Gasteiger charge is -2.50. The van der Waals surface area contributed by atoms with Gasteiger partial charge in [-0.3, -0.25) is 4.79 Å². The summed E-state index contributed by atoms with van der Waals surface area (Å²) in [5.74, 6) is -0.526. The van der Waals surface area contributed by atoms with Crippen molar-refractivity contribution in [2.45, 2.75) is 141 Å². The van der Waals surface area contributed by atoms with Crippen LogP contribution in [0.3, 0.4) is 0 Å². The number of nitrogens with two attached hydrogens (primary N) is 5. The monoisotopic (exact) mass is 679 g/mol. The lowest BCUT2D eigenvalue weighted by Crippen LogP contribution is -2.71. The first-order chi connectivity index (χ1) is 22.2. The number of hydrogen-bond acceptors (Lipinski definition) is 18. The lowest BCUT2D eigenvalue weighted by atomic mass is 9.75. The molecule has 3 saturated carbocycles. The van der Waals surface area contributed by atoms with Gasteiger partial charge in [0.25, 0.3) is 5.91 Å². The molecule has 2 saturated heterocycles. The number of ether oxygens (including phenoxy) is 4. The van der Waals surface area contributed by atoms with Crippen LogP contribution in [0.15, 0.2) is 0 Å². The largest absolute Gasteiger partial charge is 0.394 e. The highest BCUT2D eigenvalue weighted by molar-refractivity contribution is 5.86. The van der Waals surface area contributed by atoms with Gasteiger partial charge in [-0.25, -0.2) is 0 Å². The Hall–Kier alpha value is -1.21. The van der Waals surface area contributed by atoms with Crippen LogP contribution in [0.1, 0.15) is 32.1 Å². The Morgan fingerprint density at radius 2 is 1.45 bits per heavy atom. The predicted octanol–water partition coefficient (Wildman–Crippen LogP) is -7.95. The van der Waals surface area contributed by atoms with E-state index in [0.29, 0.717) is 6.54 Å². The van der Waals surface area contributed by atoms with Crippen molar-refractivity contribution in [1.29, 1.82) is 0 Å². The van der Waals surface area contributed by atoms with Gasteiger partial charge in [-0.2, -0.15) is 0 Å². The van der Waals surface area contributed by atoms with Crippen molar-refractivity contribution in [3.05, 3.63) is 0 Å². The molecule has 0 bridgehead atoms. The molecule has 2 heterocycles. The highest BCUT2D eigenvalue weighted by Crippen LogP contribution is 2.35. The zero-order valence-corrected chi connectivity index (χ0v) is 26.1. The average molecular weight is 680 g/mol. The Labute approximate surface area is 272 Å². The van der Waals surface area contributed by atoms with Crippen molar-refractivity contribution in [3.8, 4) is 0 Å². The fourth-order valence-electron chi connectivity index (χ4n) is 7.29. The number of aliphatic hydroxyl groups excluding tert-OH is 6. The molecule has 2 aliphatic heterocycles. The summed E-state index contributed by atoms with van der Waals surface area (Å²) in [6, 6.07) is -4.57. The molecule has 19 nitrogen and oxygen atoms in total. The molecule has 19 heteroatoms. The van der Waals surface area contributed by atoms with E-state index < -0.39 is 110 Å². The summed E-state index contributed by atoms with van der Waals surface area (Å²) in [7, 11) is 0. The number of nitrogens with one attached hydrogen (secondary N) is 2. The summed E-state index contributed by atoms with van der Waals surface area (Å²) >= 11 is 0. The number of carbonyl (C=O) groups excluding carboxylic acids is 1. The molecule has 5 aliphatic rings. The molecule has 0 unspecified atom stereocenters. The van der Waals surface area contributed by atoms with Crippen LogP contribution >= 0.6 is 0 Å². The highest BCUT2D eigenvalue weighted by atomic mass is 16.7. The molecule has 5 rings (SSSR count). The molecule has 0 spiro atoms. The molecule has 5 fully saturated rings. The second-order valence-electron chi connectivity index (χ2n) is 13.9. The van der Waals surface area contributed by atoms with Gasteiger partial charge in [-0.1, -0.05) is 0 Å². The number of hydrogen-bond donors (Lipinski definition) is 14. The number of aliphatic hydroxyl groups is 7. The van der Waals surface area contributed by atoms with Crippen molar-refractivity contribution >= 4 is 5.91 Å². The van der Waals surface area contributed by atoms with Gasteiger partial charge >= 0.3 is 0 Å². The Morgan fingerprint density at radius 3 is 2.04 bits per heavy atom. The minimum atomic E-state index is -1.74. The molecular weight excluding hydrogens is 626 g/mol. The van der Waals surface area contributed by atoms with E-state index in [-0.39, 0.29) is 43.8 Å². The standard InChI is InChI=1S/C28H53N7O12/c29-6-14-19(38)21(40)17(34-7-9-1-10(30)2-9)25(44-14)46-23-12(32)3-13(35-27(42)28(43)4-11(31)5-28)24(22(23)41)47-26-20(39)16(33)18(37)15(8-36)45-26/h9-26,34,36-41,43H,1-8,29-33H2,(H,35,42)/t9?,10?,11?,12-,13+,14+,15+,16-,17+,18+,19+,20+,21+,22-,23+,24-,25+,26+,28?/m0/s1. The Morgan fingerprint density at radius 1 is 0.809 bits per heavy atom. The summed E-state index contributed by atoms with van der Waals surface area (Å²) in [6.07, 6.45) is -13.6. The first kappa shape index (κ1) is 37.1. The second-order valence-corrected chi connectivity index (χ2v) is 13.9. The van der Waals surface area contributed by atoms with Crippen LogP contribution in [0.5, 0.6) is 0 Å². The van der Waals surface area contributed by atoms with Crippen molar-refractivity contribution < 1.29 is 59.5 Å². The molecule has 3 aliphatic carbocycles. The summed E-state index contributed by atoms with van der Waals surface area (Å²) in [5, 5.41) is 80.8. The Balaban J connectivity index is 1.37. The molecule has 1 amide bonds. The summed E-state index contributed by atoms with van der Waals surface area (Å²) < 4.78 is 23.8. The van der Waals surface area contributed by atoms with Crippen LogP contribution in [0.4, 0.5) is 0 Å². The minimum absolute atomic E-state index is 0.0173. The number of carbonyl (C=O) groups is 1. The van der Waals surface area contributed by atoms with Crippen molar-refractivity contribution in [1.82, 2.24) is 10.6 Å². The number of rotatable bonds is 11. The third-order valence-electron chi connectivity index (χ3n) is 10.3. The highest BCUT2D eigenvalue weighted by Gasteiger charge is 2.54. The third kappa shape index (κ3) is 7.61. The minimum Gasteiger partial charge on any atom is -0.394 e. The van der Waals surface area contributed by atoms with Gasteiger partial charge in [0.05, 0.1) is 24.7 Å². The zero-order valence-electron chi connectivity index (χ0n) is 26.1. The van der Waals surface area contributed by atoms with Crippen molar-refractivity contribution in [3.63, 3.8) is 0 Å². The number of amides is 1. The van der Waals surface area contributed by atoms with E-state index in [0.717, 1.165) is 12.8 Å². The van der Waals surface area contributed by atoms with E-state index in [1.165, 1.54) is 0 Å². The maximum atomic E-state index is 13.1. The summed E-state index contributed by atoms with van der Waals surface area (Å²) in [6.45, 7) is -0.363. The Bertz CT molecular complexity index is 1060. The van der Waals surface area contributed by atoms with Crippen LogP contribution in [0.25, 0.3) is 0 Å². The third-order valence-corrected chi connectivity index (χ3v) is 10.3. The van der Waals surface area contributed by atoms with Crippen LogP contribution in [-0.4, -0.2) is 171 Å². The molecule has 0 aromatic rings. The summed E-state index contributed by atoms with van der Waals surface area (Å²) in [5.41, 5.74) is 28.2. The molecular formula is C28H53N7O12. The van der Waals surface area contributed by atoms with E-state index in [1.54, 1.807) is 0 Å². The van der Waals surface area contributed by atoms with Gasteiger partial charge in [0.2, 0.25) is 0 Å². The van der Waals surface area contributed by atoms with Gasteiger partial charge in [-0.15, -0.1) is 0 Å². The van der Waals surface area contributed by atoms with Crippen LogP contribution in [0.2, 0.25) is 0 Å². The zero-order chi connectivity index (χ0) is 34.4. The molecule has 0 radical (unpaired) electrons. The summed E-state index contributed by atoms with van der Waals surface area (Å²) in [4.78, 5) is 13.1. The molecule has 19 N–H and O–H groups in total. The quantitative estimate of drug-likeness (QED) is 0.0963. The van der Waals surface area contributed by atoms with E-state index in [1.807, 2.05) is 0 Å². The van der Waals surface area contributed by atoms with E-state index >= 15 is 0 Å². The van der Waals surface area contributed by atoms with Crippen LogP contribution in [-0.2, 0) is 23.7 Å². The fraction of sp³-hybridized carbons (Fsp3) is 0.964. The smallest absolute Gasteiger partial charge is 0.252 e. The molecule has 15 atom stereocenters. The SMILES string of the molecule is NC[C@H]1O[C@H](O[C@H]2[C@H](O)[C@@H](O[C@H]3O[C@H](CO)[C@@H](O)[C@H](N)[C@H]3O)[C@H](NC(=O)C3(O)CC(N)C3)C[C@@H]2N)[C@H](NCC2CC(N)C2)[C@@H](O)[C@@H]1O. The van der Waals surface area contributed by atoms with Crippen molar-refractivity contribution in [2.24, 2.45) is 34.6 Å². The molecule has 47 heavy (non-hydrogen) atoms. The average Bonchev–Trinajstić information content (AvgIpc) is 3.00. The van der Waals surface area contributed by atoms with Crippen molar-refractivity contribution in [2.75, 3.05) is 19.7 Å². The second kappa shape index (κ2) is 15.0. The van der Waals surface area contributed by atoms with Gasteiger partial charge in [-0.05, 0) is 31.7 Å². The molecule has 0 aromatic carbocycles. The van der Waals surface area contributed by atoms with E-state index in [9.17, 15) is 40.5 Å². The van der Waals surface area contributed by atoms with Gasteiger partial charge in [0.1, 0.15) is 60.5 Å². The van der Waals surface area contributed by atoms with E-state index in [2.05, 4.69) is 10.6 Å². The topological polar surface area (TPSA) is 350 Å². The maximum Gasteiger partial charge on any atom is 0.252 e. The molecule has 0 aromatic heterocycles. The first-order valence-corrected chi connectivity index (χ1v) is 16.3. The normalized spacial score (nSPS) is 51.9. The van der Waals surface area contributed by atoms with Gasteiger partial charge in [0, 0.05) is 37.5 Å². The van der Waals surface area contributed by atoms with E-state index in [4.69, 9.17) is 47.6 Å². The predicted molar refractivity (Wildman–Crippen MR) is 160 cm³/mol.